The van der Waals surface area contributed by atoms with E-state index in [0.29, 0.717) is 28.6 Å². The summed E-state index contributed by atoms with van der Waals surface area (Å²) in [6.45, 7) is 4.34. The van der Waals surface area contributed by atoms with Crippen LogP contribution in [0.3, 0.4) is 0 Å². The van der Waals surface area contributed by atoms with E-state index < -0.39 is 6.10 Å². The lowest BCUT2D eigenvalue weighted by Gasteiger charge is -2.16. The quantitative estimate of drug-likeness (QED) is 0.678. The van der Waals surface area contributed by atoms with Gasteiger partial charge in [0.15, 0.2) is 6.10 Å². The number of unbranched alkanes of at least 4 members (excludes halogenated alkanes) is 1. The number of nitrogens with one attached hydrogen (secondary N) is 2. The zero-order valence-corrected chi connectivity index (χ0v) is 15.7. The Morgan fingerprint density at radius 1 is 1.15 bits per heavy atom. The molecule has 0 heterocycles. The van der Waals surface area contributed by atoms with Gasteiger partial charge in [0.1, 0.15) is 5.75 Å². The minimum Gasteiger partial charge on any atom is -0.479 e. The maximum absolute atomic E-state index is 12.3. The van der Waals surface area contributed by atoms with Crippen molar-refractivity contribution in [2.24, 2.45) is 0 Å². The molecule has 2 rings (SSSR count). The smallest absolute Gasteiger partial charge is 0.265 e. The molecule has 2 aromatic carbocycles. The first-order valence-corrected chi connectivity index (χ1v) is 8.99. The van der Waals surface area contributed by atoms with Crippen LogP contribution < -0.4 is 15.4 Å². The topological polar surface area (TPSA) is 67.4 Å². The van der Waals surface area contributed by atoms with Crippen molar-refractivity contribution in [3.8, 4) is 5.75 Å². The van der Waals surface area contributed by atoms with Gasteiger partial charge in [0.25, 0.3) is 11.8 Å². The fourth-order valence-corrected chi connectivity index (χ4v) is 2.43. The Morgan fingerprint density at radius 2 is 1.92 bits per heavy atom. The standard InChI is InChI=1S/C20H23ClN2O3/c1-3-4-12-22-20(25)15-8-7-9-16(13-15)23-19(24)14(2)26-18-11-6-5-10-17(18)21/h5-11,13-14H,3-4,12H2,1-2H3,(H,22,25)(H,23,24). The van der Waals surface area contributed by atoms with Gasteiger partial charge in [-0.2, -0.15) is 0 Å². The number of rotatable bonds is 8. The number of anilines is 1. The highest BCUT2D eigenvalue weighted by molar-refractivity contribution is 6.32. The molecule has 0 saturated carbocycles. The van der Waals surface area contributed by atoms with Crippen LogP contribution in [0.15, 0.2) is 48.5 Å². The molecule has 5 nitrogen and oxygen atoms in total. The molecule has 26 heavy (non-hydrogen) atoms. The van der Waals surface area contributed by atoms with E-state index in [0.717, 1.165) is 12.8 Å². The van der Waals surface area contributed by atoms with Gasteiger partial charge in [-0.15, -0.1) is 0 Å². The van der Waals surface area contributed by atoms with Crippen molar-refractivity contribution < 1.29 is 14.3 Å². The largest absolute Gasteiger partial charge is 0.479 e. The molecule has 0 saturated heterocycles. The maximum atomic E-state index is 12.3. The van der Waals surface area contributed by atoms with E-state index in [1.807, 2.05) is 0 Å². The lowest BCUT2D eigenvalue weighted by atomic mass is 10.1. The van der Waals surface area contributed by atoms with Gasteiger partial charge >= 0.3 is 0 Å². The van der Waals surface area contributed by atoms with Crippen LogP contribution in [0, 0.1) is 0 Å². The molecular weight excluding hydrogens is 352 g/mol. The SMILES string of the molecule is CCCCNC(=O)c1cccc(NC(=O)C(C)Oc2ccccc2Cl)c1. The molecule has 0 aliphatic rings. The van der Waals surface area contributed by atoms with Crippen molar-refractivity contribution in [3.05, 3.63) is 59.1 Å². The molecule has 1 unspecified atom stereocenters. The zero-order valence-electron chi connectivity index (χ0n) is 14.9. The van der Waals surface area contributed by atoms with Crippen LogP contribution in [0.1, 0.15) is 37.0 Å². The summed E-state index contributed by atoms with van der Waals surface area (Å²) < 4.78 is 5.60. The first-order valence-electron chi connectivity index (χ1n) is 8.61. The Hall–Kier alpha value is -2.53. The molecule has 1 atom stereocenters. The Labute approximate surface area is 158 Å². The number of para-hydroxylation sites is 1. The van der Waals surface area contributed by atoms with Crippen molar-refractivity contribution in [2.75, 3.05) is 11.9 Å². The van der Waals surface area contributed by atoms with Gasteiger partial charge in [0, 0.05) is 17.8 Å². The third-order valence-electron chi connectivity index (χ3n) is 3.72. The first-order chi connectivity index (χ1) is 12.5. The minimum absolute atomic E-state index is 0.157. The number of carbonyl (C=O) groups excluding carboxylic acids is 2. The molecule has 2 amide bonds. The van der Waals surface area contributed by atoms with E-state index in [4.69, 9.17) is 16.3 Å². The summed E-state index contributed by atoms with van der Waals surface area (Å²) in [5, 5.41) is 6.05. The molecule has 0 fully saturated rings. The highest BCUT2D eigenvalue weighted by Crippen LogP contribution is 2.24. The highest BCUT2D eigenvalue weighted by Gasteiger charge is 2.16. The van der Waals surface area contributed by atoms with Crippen LogP contribution in [0.4, 0.5) is 5.69 Å². The molecule has 6 heteroatoms. The second-order valence-electron chi connectivity index (χ2n) is 5.87. The Balaban J connectivity index is 1.97. The third kappa shape index (κ3) is 5.77. The monoisotopic (exact) mass is 374 g/mol. The lowest BCUT2D eigenvalue weighted by Crippen LogP contribution is -2.30. The van der Waals surface area contributed by atoms with Crippen molar-refractivity contribution in [1.82, 2.24) is 5.32 Å². The number of hydrogen-bond acceptors (Lipinski definition) is 3. The molecule has 0 aliphatic carbocycles. The van der Waals surface area contributed by atoms with E-state index >= 15 is 0 Å². The fourth-order valence-electron chi connectivity index (χ4n) is 2.25. The van der Waals surface area contributed by atoms with Crippen molar-refractivity contribution in [2.45, 2.75) is 32.8 Å². The van der Waals surface area contributed by atoms with E-state index in [9.17, 15) is 9.59 Å². The molecule has 0 aromatic heterocycles. The minimum atomic E-state index is -0.739. The summed E-state index contributed by atoms with van der Waals surface area (Å²) in [6, 6.07) is 13.8. The predicted molar refractivity (Wildman–Crippen MR) is 104 cm³/mol. The Kier molecular flexibility index (Phi) is 7.48. The number of benzene rings is 2. The van der Waals surface area contributed by atoms with E-state index in [1.165, 1.54) is 0 Å². The normalized spacial score (nSPS) is 11.5. The molecule has 0 aliphatic heterocycles. The van der Waals surface area contributed by atoms with Gasteiger partial charge in [0.2, 0.25) is 0 Å². The van der Waals surface area contributed by atoms with Crippen molar-refractivity contribution in [3.63, 3.8) is 0 Å². The average Bonchev–Trinajstić information content (AvgIpc) is 2.64. The molecular formula is C20H23ClN2O3. The van der Waals surface area contributed by atoms with Crippen LogP contribution >= 0.6 is 11.6 Å². The van der Waals surface area contributed by atoms with E-state index in [1.54, 1.807) is 55.5 Å². The average molecular weight is 375 g/mol. The molecule has 2 aromatic rings. The van der Waals surface area contributed by atoms with Crippen molar-refractivity contribution in [1.29, 1.82) is 0 Å². The molecule has 138 valence electrons. The van der Waals surface area contributed by atoms with E-state index in [2.05, 4.69) is 17.6 Å². The number of amides is 2. The van der Waals surface area contributed by atoms with Gasteiger partial charge in [0.05, 0.1) is 5.02 Å². The highest BCUT2D eigenvalue weighted by atomic mass is 35.5. The van der Waals surface area contributed by atoms with Gasteiger partial charge in [-0.1, -0.05) is 43.1 Å². The first kappa shape index (κ1) is 19.8. The van der Waals surface area contributed by atoms with Crippen LogP contribution in [0.5, 0.6) is 5.75 Å². The van der Waals surface area contributed by atoms with Gasteiger partial charge < -0.3 is 15.4 Å². The summed E-state index contributed by atoms with van der Waals surface area (Å²) in [5.41, 5.74) is 1.03. The summed E-state index contributed by atoms with van der Waals surface area (Å²) in [7, 11) is 0. The molecule has 0 spiro atoms. The van der Waals surface area contributed by atoms with Gasteiger partial charge in [-0.3, -0.25) is 9.59 Å². The number of hydrogen-bond donors (Lipinski definition) is 2. The third-order valence-corrected chi connectivity index (χ3v) is 4.03. The summed E-state index contributed by atoms with van der Waals surface area (Å²) >= 11 is 6.04. The summed E-state index contributed by atoms with van der Waals surface area (Å²) in [5.74, 6) is -0.0377. The van der Waals surface area contributed by atoms with Crippen LogP contribution in [-0.4, -0.2) is 24.5 Å². The summed E-state index contributed by atoms with van der Waals surface area (Å²) in [6.07, 6.45) is 1.20. The molecule has 0 radical (unpaired) electrons. The zero-order chi connectivity index (χ0) is 18.9. The Bertz CT molecular complexity index is 764. The van der Waals surface area contributed by atoms with Crippen molar-refractivity contribution >= 4 is 29.1 Å². The second kappa shape index (κ2) is 9.82. The molecule has 2 N–H and O–H groups in total. The van der Waals surface area contributed by atoms with Crippen LogP contribution in [-0.2, 0) is 4.79 Å². The number of ether oxygens (including phenoxy) is 1. The van der Waals surface area contributed by atoms with Gasteiger partial charge in [-0.25, -0.2) is 0 Å². The van der Waals surface area contributed by atoms with E-state index in [-0.39, 0.29) is 11.8 Å². The molecule has 0 bridgehead atoms. The fraction of sp³-hybridized carbons (Fsp3) is 0.300. The van der Waals surface area contributed by atoms with Gasteiger partial charge in [-0.05, 0) is 43.7 Å². The lowest BCUT2D eigenvalue weighted by molar-refractivity contribution is -0.122. The number of halogens is 1. The second-order valence-corrected chi connectivity index (χ2v) is 6.28. The van der Waals surface area contributed by atoms with Crippen LogP contribution in [0.2, 0.25) is 5.02 Å². The Morgan fingerprint density at radius 3 is 2.65 bits per heavy atom. The van der Waals surface area contributed by atoms with Crippen LogP contribution in [0.25, 0.3) is 0 Å². The number of carbonyl (C=O) groups is 2. The summed E-state index contributed by atoms with van der Waals surface area (Å²) in [4.78, 5) is 24.4. The maximum Gasteiger partial charge on any atom is 0.265 e. The predicted octanol–water partition coefficient (Wildman–Crippen LogP) is 4.28.